The first-order valence-electron chi connectivity index (χ1n) is 7.19. The topological polar surface area (TPSA) is 97.6 Å². The van der Waals surface area contributed by atoms with E-state index in [4.69, 9.17) is 9.47 Å². The minimum atomic E-state index is -0.830. The molecule has 8 nitrogen and oxygen atoms in total. The molecular weight excluding hydrogens is 276 g/mol. The van der Waals surface area contributed by atoms with Crippen LogP contribution in [0.3, 0.4) is 0 Å². The van der Waals surface area contributed by atoms with Crippen molar-refractivity contribution in [3.63, 3.8) is 0 Å². The Kier molecular flexibility index (Phi) is 4.09. The first-order chi connectivity index (χ1) is 10.2. The van der Waals surface area contributed by atoms with Gasteiger partial charge in [-0.25, -0.2) is 4.79 Å². The van der Waals surface area contributed by atoms with Crippen molar-refractivity contribution in [3.05, 3.63) is 18.5 Å². The average molecular weight is 296 g/mol. The maximum atomic E-state index is 11.8. The van der Waals surface area contributed by atoms with Gasteiger partial charge in [0.25, 0.3) is 0 Å². The van der Waals surface area contributed by atoms with Crippen molar-refractivity contribution in [2.75, 3.05) is 13.2 Å². The van der Waals surface area contributed by atoms with E-state index in [0.717, 1.165) is 6.42 Å². The predicted octanol–water partition coefficient (Wildman–Crippen LogP) is -0.382. The van der Waals surface area contributed by atoms with Crippen LogP contribution in [0.4, 0.5) is 4.79 Å². The van der Waals surface area contributed by atoms with Crippen LogP contribution in [0.15, 0.2) is 18.5 Å². The molecule has 0 saturated carbocycles. The van der Waals surface area contributed by atoms with Crippen molar-refractivity contribution in [1.29, 1.82) is 0 Å². The van der Waals surface area contributed by atoms with Gasteiger partial charge in [0.15, 0.2) is 6.29 Å². The smallest absolute Gasteiger partial charge is 0.315 e. The molecule has 1 aromatic rings. The number of nitrogens with one attached hydrogen (secondary N) is 2. The van der Waals surface area contributed by atoms with Crippen LogP contribution in [0, 0.1) is 0 Å². The lowest BCUT2D eigenvalue weighted by Gasteiger charge is -2.38. The highest BCUT2D eigenvalue weighted by Gasteiger charge is 2.51. The van der Waals surface area contributed by atoms with Crippen molar-refractivity contribution in [3.8, 4) is 0 Å². The first kappa shape index (κ1) is 14.3. The van der Waals surface area contributed by atoms with Gasteiger partial charge in [0.05, 0.1) is 12.6 Å². The molecule has 0 aliphatic carbocycles. The molecular formula is C13H20N4O4. The molecule has 21 heavy (non-hydrogen) atoms. The molecule has 5 atom stereocenters. The standard InChI is InChI=1S/C13H20N4O4/c1-2-4-14-13(19)16-9-8-7-20-12(21-8)10(11(9)18)17-6-3-5-15-17/h3,5-6,8-12,18H,2,4,7H2,1H3,(H2,14,16,19)/t8-,9-,10-,11+,12-/m1/s1. The number of ether oxygens (including phenoxy) is 2. The highest BCUT2D eigenvalue weighted by molar-refractivity contribution is 5.74. The molecule has 2 aliphatic heterocycles. The Bertz CT molecular complexity index is 481. The number of urea groups is 1. The van der Waals surface area contributed by atoms with E-state index in [-0.39, 0.29) is 12.1 Å². The number of amides is 2. The monoisotopic (exact) mass is 296 g/mol. The first-order valence-corrected chi connectivity index (χ1v) is 7.19. The minimum Gasteiger partial charge on any atom is -0.388 e. The predicted molar refractivity (Wildman–Crippen MR) is 72.5 cm³/mol. The average Bonchev–Trinajstić information content (AvgIpc) is 3.13. The van der Waals surface area contributed by atoms with Crippen molar-refractivity contribution in [2.24, 2.45) is 0 Å². The van der Waals surface area contributed by atoms with Gasteiger partial charge >= 0.3 is 6.03 Å². The Morgan fingerprint density at radius 3 is 3.14 bits per heavy atom. The van der Waals surface area contributed by atoms with Gasteiger partial charge in [-0.05, 0) is 12.5 Å². The molecule has 2 bridgehead atoms. The summed E-state index contributed by atoms with van der Waals surface area (Å²) < 4.78 is 12.9. The molecule has 2 aliphatic rings. The summed E-state index contributed by atoms with van der Waals surface area (Å²) in [6, 6.07) is 0.448. The summed E-state index contributed by atoms with van der Waals surface area (Å²) in [7, 11) is 0. The van der Waals surface area contributed by atoms with Crippen LogP contribution in [-0.2, 0) is 9.47 Å². The lowest BCUT2D eigenvalue weighted by molar-refractivity contribution is -0.166. The quantitative estimate of drug-likeness (QED) is 0.703. The molecule has 3 heterocycles. The van der Waals surface area contributed by atoms with Crippen LogP contribution in [0.25, 0.3) is 0 Å². The fraction of sp³-hybridized carbons (Fsp3) is 0.692. The van der Waals surface area contributed by atoms with E-state index in [1.54, 1.807) is 23.1 Å². The van der Waals surface area contributed by atoms with Crippen LogP contribution in [0.5, 0.6) is 0 Å². The Balaban J connectivity index is 1.73. The Labute approximate surface area is 122 Å². The van der Waals surface area contributed by atoms with Gasteiger partial charge in [-0.2, -0.15) is 5.10 Å². The zero-order chi connectivity index (χ0) is 14.8. The van der Waals surface area contributed by atoms with Gasteiger partial charge in [-0.3, -0.25) is 4.68 Å². The Morgan fingerprint density at radius 2 is 2.43 bits per heavy atom. The number of rotatable bonds is 4. The number of carbonyl (C=O) groups excluding carboxylic acids is 1. The second-order valence-corrected chi connectivity index (χ2v) is 5.27. The van der Waals surface area contributed by atoms with E-state index in [1.807, 2.05) is 6.92 Å². The number of carbonyl (C=O) groups is 1. The van der Waals surface area contributed by atoms with Gasteiger partial charge in [0.2, 0.25) is 0 Å². The number of aromatic nitrogens is 2. The van der Waals surface area contributed by atoms with E-state index >= 15 is 0 Å². The Hall–Kier alpha value is -1.64. The fourth-order valence-corrected chi connectivity index (χ4v) is 2.76. The zero-order valence-corrected chi connectivity index (χ0v) is 11.8. The molecule has 2 saturated heterocycles. The van der Waals surface area contributed by atoms with Crippen molar-refractivity contribution < 1.29 is 19.4 Å². The van der Waals surface area contributed by atoms with Crippen LogP contribution in [0.2, 0.25) is 0 Å². The lowest BCUT2D eigenvalue weighted by Crippen LogP contribution is -2.60. The van der Waals surface area contributed by atoms with E-state index in [9.17, 15) is 9.90 Å². The molecule has 8 heteroatoms. The molecule has 1 aromatic heterocycles. The number of nitrogens with zero attached hydrogens (tertiary/aromatic N) is 2. The molecule has 0 aromatic carbocycles. The highest BCUT2D eigenvalue weighted by atomic mass is 16.7. The van der Waals surface area contributed by atoms with Gasteiger partial charge < -0.3 is 25.2 Å². The third kappa shape index (κ3) is 2.74. The maximum absolute atomic E-state index is 11.8. The van der Waals surface area contributed by atoms with Crippen LogP contribution in [0.1, 0.15) is 19.4 Å². The van der Waals surface area contributed by atoms with Gasteiger partial charge in [-0.15, -0.1) is 0 Å². The van der Waals surface area contributed by atoms with Crippen molar-refractivity contribution >= 4 is 6.03 Å². The van der Waals surface area contributed by atoms with Gasteiger partial charge in [-0.1, -0.05) is 6.92 Å². The normalized spacial score (nSPS) is 34.7. The largest absolute Gasteiger partial charge is 0.388 e. The molecule has 3 rings (SSSR count). The molecule has 2 fully saturated rings. The summed E-state index contributed by atoms with van der Waals surface area (Å²) >= 11 is 0. The maximum Gasteiger partial charge on any atom is 0.315 e. The van der Waals surface area contributed by atoms with Crippen molar-refractivity contribution in [2.45, 2.75) is 43.9 Å². The molecule has 2 amide bonds. The zero-order valence-electron chi connectivity index (χ0n) is 11.8. The highest BCUT2D eigenvalue weighted by Crippen LogP contribution is 2.35. The molecule has 3 N–H and O–H groups in total. The van der Waals surface area contributed by atoms with Gasteiger partial charge in [0.1, 0.15) is 18.2 Å². The van der Waals surface area contributed by atoms with E-state index < -0.39 is 24.5 Å². The molecule has 0 unspecified atom stereocenters. The van der Waals surface area contributed by atoms with Crippen molar-refractivity contribution in [1.82, 2.24) is 20.4 Å². The number of hydrogen-bond donors (Lipinski definition) is 3. The van der Waals surface area contributed by atoms with Crippen LogP contribution >= 0.6 is 0 Å². The summed E-state index contributed by atoms with van der Waals surface area (Å²) in [5.41, 5.74) is 0. The van der Waals surface area contributed by atoms with Crippen LogP contribution < -0.4 is 10.6 Å². The minimum absolute atomic E-state index is 0.311. The SMILES string of the molecule is CCCNC(=O)N[C@H]1[C@H](O)[C@@H](n2cccn2)[C@@H]2OC[C@H]1O2. The van der Waals surface area contributed by atoms with E-state index in [1.165, 1.54) is 0 Å². The van der Waals surface area contributed by atoms with Gasteiger partial charge in [0, 0.05) is 18.9 Å². The second kappa shape index (κ2) is 6.00. The summed E-state index contributed by atoms with van der Waals surface area (Å²) in [4.78, 5) is 11.8. The summed E-state index contributed by atoms with van der Waals surface area (Å²) in [5, 5.41) is 20.2. The number of fused-ring (bicyclic) bond motifs is 2. The second-order valence-electron chi connectivity index (χ2n) is 5.27. The van der Waals surface area contributed by atoms with E-state index in [0.29, 0.717) is 13.2 Å². The third-order valence-corrected chi connectivity index (χ3v) is 3.79. The molecule has 0 radical (unpaired) electrons. The summed E-state index contributed by atoms with van der Waals surface area (Å²) in [6.45, 7) is 2.90. The molecule has 116 valence electrons. The Morgan fingerprint density at radius 1 is 1.57 bits per heavy atom. The van der Waals surface area contributed by atoms with E-state index in [2.05, 4.69) is 15.7 Å². The summed E-state index contributed by atoms with van der Waals surface area (Å²) in [6.07, 6.45) is 2.51. The molecule has 0 spiro atoms. The third-order valence-electron chi connectivity index (χ3n) is 3.79. The number of hydrogen-bond acceptors (Lipinski definition) is 5. The lowest BCUT2D eigenvalue weighted by atomic mass is 9.96. The fourth-order valence-electron chi connectivity index (χ4n) is 2.76. The number of aliphatic hydroxyl groups excluding tert-OH is 1. The van der Waals surface area contributed by atoms with Crippen LogP contribution in [-0.4, -0.2) is 58.6 Å². The summed E-state index contributed by atoms with van der Waals surface area (Å²) in [5.74, 6) is 0. The number of aliphatic hydroxyl groups is 1.